The molecule has 2 amide bonds. The van der Waals surface area contributed by atoms with E-state index in [9.17, 15) is 9.59 Å². The van der Waals surface area contributed by atoms with Crippen molar-refractivity contribution in [1.82, 2.24) is 10.2 Å². The minimum Gasteiger partial charge on any atom is -0.339 e. The van der Waals surface area contributed by atoms with Gasteiger partial charge in [-0.1, -0.05) is 13.8 Å². The molecule has 0 saturated carbocycles. The van der Waals surface area contributed by atoms with Crippen LogP contribution in [0.3, 0.4) is 0 Å². The molecule has 0 radical (unpaired) electrons. The highest BCUT2D eigenvalue weighted by atomic mass is 16.6. The SMILES string of the molecule is CCC1(CC)OC2(CC(C)(C)N(C(C)=O)C(C)(C)C2)NC1=O. The van der Waals surface area contributed by atoms with Gasteiger partial charge in [-0.25, -0.2) is 0 Å². The van der Waals surface area contributed by atoms with Gasteiger partial charge in [0.25, 0.3) is 5.91 Å². The van der Waals surface area contributed by atoms with E-state index in [-0.39, 0.29) is 22.9 Å². The molecule has 0 aliphatic carbocycles. The number of carbonyl (C=O) groups excluding carboxylic acids is 2. The number of hydrogen-bond acceptors (Lipinski definition) is 3. The molecule has 2 saturated heterocycles. The van der Waals surface area contributed by atoms with E-state index in [1.54, 1.807) is 6.92 Å². The van der Waals surface area contributed by atoms with Crippen molar-refractivity contribution >= 4 is 11.8 Å². The fourth-order valence-electron chi connectivity index (χ4n) is 4.93. The lowest BCUT2D eigenvalue weighted by Gasteiger charge is -2.58. The van der Waals surface area contributed by atoms with Crippen LogP contribution >= 0.6 is 0 Å². The minimum atomic E-state index is -0.732. The van der Waals surface area contributed by atoms with Crippen LogP contribution < -0.4 is 5.32 Å². The first-order valence-electron chi connectivity index (χ1n) is 8.27. The molecule has 126 valence electrons. The summed E-state index contributed by atoms with van der Waals surface area (Å²) in [5.41, 5.74) is -2.16. The van der Waals surface area contributed by atoms with Crippen molar-refractivity contribution in [2.45, 2.75) is 96.6 Å². The third-order valence-corrected chi connectivity index (χ3v) is 5.25. The molecule has 2 rings (SSSR count). The molecule has 1 N–H and O–H groups in total. The zero-order valence-corrected chi connectivity index (χ0v) is 15.0. The van der Waals surface area contributed by atoms with Gasteiger partial charge in [0.15, 0.2) is 0 Å². The summed E-state index contributed by atoms with van der Waals surface area (Å²) >= 11 is 0. The molecule has 2 heterocycles. The highest BCUT2D eigenvalue weighted by molar-refractivity contribution is 5.87. The topological polar surface area (TPSA) is 58.6 Å². The van der Waals surface area contributed by atoms with E-state index >= 15 is 0 Å². The number of carbonyl (C=O) groups is 2. The van der Waals surface area contributed by atoms with E-state index in [2.05, 4.69) is 5.32 Å². The van der Waals surface area contributed by atoms with Gasteiger partial charge in [-0.15, -0.1) is 0 Å². The van der Waals surface area contributed by atoms with Crippen molar-refractivity contribution in [3.8, 4) is 0 Å². The van der Waals surface area contributed by atoms with Crippen molar-refractivity contribution in [3.05, 3.63) is 0 Å². The highest BCUT2D eigenvalue weighted by Gasteiger charge is 2.61. The summed E-state index contributed by atoms with van der Waals surface area (Å²) < 4.78 is 6.39. The zero-order valence-electron chi connectivity index (χ0n) is 15.0. The maximum atomic E-state index is 12.6. The summed E-state index contributed by atoms with van der Waals surface area (Å²) in [6.07, 6.45) is 2.54. The molecule has 2 aliphatic heterocycles. The molecule has 5 nitrogen and oxygen atoms in total. The lowest BCUT2D eigenvalue weighted by Crippen LogP contribution is -2.69. The van der Waals surface area contributed by atoms with Gasteiger partial charge >= 0.3 is 0 Å². The Morgan fingerprint density at radius 1 is 1.14 bits per heavy atom. The molecule has 0 aromatic carbocycles. The van der Waals surface area contributed by atoms with E-state index in [1.165, 1.54) is 0 Å². The predicted octanol–water partition coefficient (Wildman–Crippen LogP) is 2.59. The van der Waals surface area contributed by atoms with Crippen molar-refractivity contribution in [3.63, 3.8) is 0 Å². The summed E-state index contributed by atoms with van der Waals surface area (Å²) in [7, 11) is 0. The summed E-state index contributed by atoms with van der Waals surface area (Å²) in [6.45, 7) is 13.8. The van der Waals surface area contributed by atoms with Gasteiger partial charge in [-0.2, -0.15) is 0 Å². The summed E-state index contributed by atoms with van der Waals surface area (Å²) in [5.74, 6) is 0.0480. The Bertz CT molecular complexity index is 474. The van der Waals surface area contributed by atoms with Crippen LogP contribution in [-0.4, -0.2) is 39.1 Å². The van der Waals surface area contributed by atoms with Crippen LogP contribution in [0.4, 0.5) is 0 Å². The van der Waals surface area contributed by atoms with Crippen LogP contribution in [0.2, 0.25) is 0 Å². The highest BCUT2D eigenvalue weighted by Crippen LogP contribution is 2.48. The molecule has 0 bridgehead atoms. The van der Waals surface area contributed by atoms with E-state index in [0.29, 0.717) is 25.7 Å². The maximum Gasteiger partial charge on any atom is 0.254 e. The molecular weight excluding hydrogens is 280 g/mol. The van der Waals surface area contributed by atoms with Crippen LogP contribution in [0, 0.1) is 0 Å². The van der Waals surface area contributed by atoms with Crippen molar-refractivity contribution in [2.75, 3.05) is 0 Å². The molecule has 0 aromatic rings. The van der Waals surface area contributed by atoms with Crippen LogP contribution in [0.25, 0.3) is 0 Å². The van der Waals surface area contributed by atoms with Crippen molar-refractivity contribution < 1.29 is 14.3 Å². The lowest BCUT2D eigenvalue weighted by atomic mass is 9.74. The number of ether oxygens (including phenoxy) is 1. The molecule has 0 aromatic heterocycles. The Balaban J connectivity index is 2.41. The number of hydrogen-bond donors (Lipinski definition) is 1. The average molecular weight is 310 g/mol. The normalized spacial score (nSPS) is 27.8. The lowest BCUT2D eigenvalue weighted by molar-refractivity contribution is -0.194. The summed E-state index contributed by atoms with van der Waals surface area (Å²) in [6, 6.07) is 0. The standard InChI is InChI=1S/C17H30N2O3/c1-8-16(9-2)13(21)18-17(22-16)10-14(4,5)19(12(3)20)15(6,7)11-17/h8-11H2,1-7H3,(H,18,21). The Morgan fingerprint density at radius 3 is 1.91 bits per heavy atom. The summed E-state index contributed by atoms with van der Waals surface area (Å²) in [4.78, 5) is 26.6. The number of piperidine rings is 1. The van der Waals surface area contributed by atoms with Crippen LogP contribution in [-0.2, 0) is 14.3 Å². The first-order chi connectivity index (χ1) is 9.94. The van der Waals surface area contributed by atoms with Crippen LogP contribution in [0.1, 0.15) is 74.1 Å². The second-order valence-electron chi connectivity index (χ2n) is 8.08. The van der Waals surface area contributed by atoms with Gasteiger partial charge in [0, 0.05) is 30.8 Å². The molecule has 22 heavy (non-hydrogen) atoms. The molecule has 0 atom stereocenters. The minimum absolute atomic E-state index is 0.0135. The van der Waals surface area contributed by atoms with Crippen molar-refractivity contribution in [1.29, 1.82) is 0 Å². The van der Waals surface area contributed by atoms with E-state index in [0.717, 1.165) is 0 Å². The average Bonchev–Trinajstić information content (AvgIpc) is 2.56. The first kappa shape index (κ1) is 17.3. The fraction of sp³-hybridized carbons (Fsp3) is 0.882. The van der Waals surface area contributed by atoms with Gasteiger partial charge in [-0.3, -0.25) is 9.59 Å². The van der Waals surface area contributed by atoms with Gasteiger partial charge in [-0.05, 0) is 40.5 Å². The number of rotatable bonds is 2. The third kappa shape index (κ3) is 2.43. The fourth-order valence-corrected chi connectivity index (χ4v) is 4.93. The number of nitrogens with zero attached hydrogens (tertiary/aromatic N) is 1. The smallest absolute Gasteiger partial charge is 0.254 e. The Hall–Kier alpha value is -1.10. The molecule has 0 unspecified atom stereocenters. The Kier molecular flexibility index (Phi) is 3.88. The zero-order chi connectivity index (χ0) is 17.0. The van der Waals surface area contributed by atoms with Crippen molar-refractivity contribution in [2.24, 2.45) is 0 Å². The predicted molar refractivity (Wildman–Crippen MR) is 85.2 cm³/mol. The summed E-state index contributed by atoms with van der Waals surface area (Å²) in [5, 5.41) is 3.13. The largest absolute Gasteiger partial charge is 0.339 e. The van der Waals surface area contributed by atoms with Crippen LogP contribution in [0.5, 0.6) is 0 Å². The quantitative estimate of drug-likeness (QED) is 0.853. The third-order valence-electron chi connectivity index (χ3n) is 5.25. The van der Waals surface area contributed by atoms with Gasteiger partial charge in [0.2, 0.25) is 5.91 Å². The molecule has 1 spiro atoms. The Morgan fingerprint density at radius 2 is 1.59 bits per heavy atom. The second-order valence-corrected chi connectivity index (χ2v) is 8.08. The van der Waals surface area contributed by atoms with E-state index < -0.39 is 11.3 Å². The maximum absolute atomic E-state index is 12.6. The number of amides is 2. The number of nitrogens with one attached hydrogen (secondary N) is 1. The molecule has 2 fully saturated rings. The number of likely N-dealkylation sites (tertiary alicyclic amines) is 1. The monoisotopic (exact) mass is 310 g/mol. The Labute approximate surface area is 133 Å². The first-order valence-corrected chi connectivity index (χ1v) is 8.27. The second kappa shape index (κ2) is 4.95. The van der Waals surface area contributed by atoms with Crippen LogP contribution in [0.15, 0.2) is 0 Å². The molecular formula is C17H30N2O3. The van der Waals surface area contributed by atoms with Gasteiger partial charge < -0.3 is 15.0 Å². The van der Waals surface area contributed by atoms with E-state index in [1.807, 2.05) is 46.4 Å². The van der Waals surface area contributed by atoms with Gasteiger partial charge in [0.05, 0.1) is 0 Å². The molecule has 2 aliphatic rings. The van der Waals surface area contributed by atoms with Gasteiger partial charge in [0.1, 0.15) is 11.3 Å². The van der Waals surface area contributed by atoms with E-state index in [4.69, 9.17) is 4.74 Å². The molecule has 5 heteroatoms.